The van der Waals surface area contributed by atoms with Crippen molar-refractivity contribution in [1.29, 1.82) is 5.26 Å². The van der Waals surface area contributed by atoms with Crippen molar-refractivity contribution in [1.82, 2.24) is 5.32 Å². The van der Waals surface area contributed by atoms with Crippen LogP contribution >= 0.6 is 0 Å². The first-order chi connectivity index (χ1) is 9.19. The highest BCUT2D eigenvalue weighted by molar-refractivity contribution is 6.01. The van der Waals surface area contributed by atoms with E-state index >= 15 is 0 Å². The van der Waals surface area contributed by atoms with Crippen molar-refractivity contribution in [3.05, 3.63) is 35.4 Å². The molecule has 0 spiro atoms. The Morgan fingerprint density at radius 1 is 1.42 bits per heavy atom. The summed E-state index contributed by atoms with van der Waals surface area (Å²) >= 11 is 0. The maximum absolute atomic E-state index is 12.0. The molecule has 0 heterocycles. The fourth-order valence-corrected chi connectivity index (χ4v) is 2.26. The molecule has 4 nitrogen and oxygen atoms in total. The number of benzene rings is 1. The van der Waals surface area contributed by atoms with Crippen LogP contribution in [0, 0.1) is 11.3 Å². The lowest BCUT2D eigenvalue weighted by atomic mass is 10.1. The maximum atomic E-state index is 12.0. The second kappa shape index (κ2) is 6.05. The SMILES string of the molecule is N#C/C(=C\c1cccc(O)c1)C(=O)NC1CCCC1. The topological polar surface area (TPSA) is 73.1 Å². The lowest BCUT2D eigenvalue weighted by Crippen LogP contribution is -2.33. The molecule has 1 aliphatic carbocycles. The monoisotopic (exact) mass is 256 g/mol. The molecule has 1 aromatic rings. The van der Waals surface area contributed by atoms with Gasteiger partial charge in [0.25, 0.3) is 5.91 Å². The zero-order chi connectivity index (χ0) is 13.7. The summed E-state index contributed by atoms with van der Waals surface area (Å²) in [4.78, 5) is 12.0. The van der Waals surface area contributed by atoms with Crippen LogP contribution in [0.4, 0.5) is 0 Å². The van der Waals surface area contributed by atoms with Gasteiger partial charge in [-0.25, -0.2) is 0 Å². The summed E-state index contributed by atoms with van der Waals surface area (Å²) < 4.78 is 0. The first kappa shape index (κ1) is 13.2. The zero-order valence-electron chi connectivity index (χ0n) is 10.6. The zero-order valence-corrected chi connectivity index (χ0v) is 10.6. The van der Waals surface area contributed by atoms with Crippen LogP contribution in [0.1, 0.15) is 31.2 Å². The highest BCUT2D eigenvalue weighted by Gasteiger charge is 2.19. The number of nitrogens with zero attached hydrogens (tertiary/aromatic N) is 1. The van der Waals surface area contributed by atoms with Gasteiger partial charge >= 0.3 is 0 Å². The van der Waals surface area contributed by atoms with Crippen molar-refractivity contribution < 1.29 is 9.90 Å². The lowest BCUT2D eigenvalue weighted by molar-refractivity contribution is -0.117. The smallest absolute Gasteiger partial charge is 0.262 e. The Balaban J connectivity index is 2.10. The number of carbonyl (C=O) groups is 1. The van der Waals surface area contributed by atoms with Crippen molar-refractivity contribution in [2.24, 2.45) is 0 Å². The van der Waals surface area contributed by atoms with Gasteiger partial charge in [-0.3, -0.25) is 4.79 Å². The van der Waals surface area contributed by atoms with Crippen LogP contribution in [0.15, 0.2) is 29.8 Å². The Labute approximate surface area is 112 Å². The maximum Gasteiger partial charge on any atom is 0.262 e. The van der Waals surface area contributed by atoms with Gasteiger partial charge in [-0.2, -0.15) is 5.26 Å². The molecule has 1 aromatic carbocycles. The standard InChI is InChI=1S/C15H16N2O2/c16-10-12(8-11-4-3-7-14(18)9-11)15(19)17-13-5-1-2-6-13/h3-4,7-9,13,18H,1-2,5-6H2,(H,17,19)/b12-8+. The second-order valence-corrected chi connectivity index (χ2v) is 4.72. The van der Waals surface area contributed by atoms with E-state index in [2.05, 4.69) is 5.32 Å². The highest BCUT2D eigenvalue weighted by atomic mass is 16.3. The molecule has 1 aliphatic rings. The molecule has 0 aliphatic heterocycles. The fraction of sp³-hybridized carbons (Fsp3) is 0.333. The third-order valence-corrected chi connectivity index (χ3v) is 3.24. The molecule has 19 heavy (non-hydrogen) atoms. The largest absolute Gasteiger partial charge is 0.508 e. The fourth-order valence-electron chi connectivity index (χ4n) is 2.26. The molecular weight excluding hydrogens is 240 g/mol. The van der Waals surface area contributed by atoms with E-state index in [-0.39, 0.29) is 23.3 Å². The predicted molar refractivity (Wildman–Crippen MR) is 72.1 cm³/mol. The molecule has 1 saturated carbocycles. The predicted octanol–water partition coefficient (Wildman–Crippen LogP) is 2.36. The van der Waals surface area contributed by atoms with Crippen LogP contribution < -0.4 is 5.32 Å². The van der Waals surface area contributed by atoms with Crippen LogP contribution in [0.2, 0.25) is 0 Å². The van der Waals surface area contributed by atoms with Gasteiger partial charge in [-0.15, -0.1) is 0 Å². The number of amides is 1. The number of phenols is 1. The Bertz CT molecular complexity index is 537. The third-order valence-electron chi connectivity index (χ3n) is 3.24. The van der Waals surface area contributed by atoms with Crippen molar-refractivity contribution in [2.45, 2.75) is 31.7 Å². The molecular formula is C15H16N2O2. The van der Waals surface area contributed by atoms with Gasteiger partial charge in [0.1, 0.15) is 17.4 Å². The Kier molecular flexibility index (Phi) is 4.19. The van der Waals surface area contributed by atoms with E-state index in [1.807, 2.05) is 6.07 Å². The molecule has 2 rings (SSSR count). The number of hydrogen-bond acceptors (Lipinski definition) is 3. The van der Waals surface area contributed by atoms with E-state index in [0.717, 1.165) is 25.7 Å². The van der Waals surface area contributed by atoms with Crippen LogP contribution in [0.25, 0.3) is 6.08 Å². The number of phenolic OH excluding ortho intramolecular Hbond substituents is 1. The quantitative estimate of drug-likeness (QED) is 0.644. The summed E-state index contributed by atoms with van der Waals surface area (Å²) in [5, 5.41) is 21.3. The van der Waals surface area contributed by atoms with E-state index < -0.39 is 0 Å². The number of nitrogens with one attached hydrogen (secondary N) is 1. The molecule has 0 saturated heterocycles. The number of aromatic hydroxyl groups is 1. The lowest BCUT2D eigenvalue weighted by Gasteiger charge is -2.10. The average molecular weight is 256 g/mol. The molecule has 0 bridgehead atoms. The molecule has 0 unspecified atom stereocenters. The highest BCUT2D eigenvalue weighted by Crippen LogP contribution is 2.18. The van der Waals surface area contributed by atoms with E-state index in [9.17, 15) is 9.90 Å². The summed E-state index contributed by atoms with van der Waals surface area (Å²) in [6, 6.07) is 8.56. The molecule has 2 N–H and O–H groups in total. The molecule has 0 aromatic heterocycles. The molecule has 1 fully saturated rings. The summed E-state index contributed by atoms with van der Waals surface area (Å²) in [6.45, 7) is 0. The van der Waals surface area contributed by atoms with Crippen LogP contribution in [-0.2, 0) is 4.79 Å². The number of rotatable bonds is 3. The normalized spacial score (nSPS) is 16.1. The van der Waals surface area contributed by atoms with Gasteiger partial charge in [0.15, 0.2) is 0 Å². The molecule has 4 heteroatoms. The van der Waals surface area contributed by atoms with E-state index in [0.29, 0.717) is 5.56 Å². The summed E-state index contributed by atoms with van der Waals surface area (Å²) in [7, 11) is 0. The van der Waals surface area contributed by atoms with Crippen LogP contribution in [0.3, 0.4) is 0 Å². The number of carbonyl (C=O) groups excluding carboxylic acids is 1. The van der Waals surface area contributed by atoms with Crippen LogP contribution in [-0.4, -0.2) is 17.1 Å². The van der Waals surface area contributed by atoms with Gasteiger partial charge < -0.3 is 10.4 Å². The van der Waals surface area contributed by atoms with Crippen LogP contribution in [0.5, 0.6) is 5.75 Å². The van der Waals surface area contributed by atoms with Crippen molar-refractivity contribution in [3.8, 4) is 11.8 Å². The van der Waals surface area contributed by atoms with E-state index in [4.69, 9.17) is 5.26 Å². The van der Waals surface area contributed by atoms with Gasteiger partial charge in [0.2, 0.25) is 0 Å². The van der Waals surface area contributed by atoms with Gasteiger partial charge in [0.05, 0.1) is 0 Å². The van der Waals surface area contributed by atoms with Crippen molar-refractivity contribution in [2.75, 3.05) is 0 Å². The summed E-state index contributed by atoms with van der Waals surface area (Å²) in [6.07, 6.45) is 5.71. The Hall–Kier alpha value is -2.28. The second-order valence-electron chi connectivity index (χ2n) is 4.72. The number of nitriles is 1. The van der Waals surface area contributed by atoms with E-state index in [1.165, 1.54) is 12.1 Å². The minimum Gasteiger partial charge on any atom is -0.508 e. The van der Waals surface area contributed by atoms with Crippen molar-refractivity contribution >= 4 is 12.0 Å². The van der Waals surface area contributed by atoms with Gasteiger partial charge in [-0.1, -0.05) is 25.0 Å². The van der Waals surface area contributed by atoms with E-state index in [1.54, 1.807) is 18.2 Å². The minimum absolute atomic E-state index is 0.0671. The van der Waals surface area contributed by atoms with Crippen molar-refractivity contribution in [3.63, 3.8) is 0 Å². The molecule has 0 radical (unpaired) electrons. The third kappa shape index (κ3) is 3.59. The Morgan fingerprint density at radius 2 is 2.16 bits per heavy atom. The molecule has 0 atom stereocenters. The first-order valence-corrected chi connectivity index (χ1v) is 6.41. The van der Waals surface area contributed by atoms with Gasteiger partial charge in [-0.05, 0) is 36.6 Å². The summed E-state index contributed by atoms with van der Waals surface area (Å²) in [5.74, 6) is -0.222. The average Bonchev–Trinajstić information content (AvgIpc) is 2.88. The molecule has 98 valence electrons. The summed E-state index contributed by atoms with van der Waals surface area (Å²) in [5.41, 5.74) is 0.704. The number of hydrogen-bond donors (Lipinski definition) is 2. The Morgan fingerprint density at radius 3 is 2.79 bits per heavy atom. The van der Waals surface area contributed by atoms with Gasteiger partial charge in [0, 0.05) is 6.04 Å². The molecule has 1 amide bonds. The first-order valence-electron chi connectivity index (χ1n) is 6.41. The minimum atomic E-state index is -0.335.